The number of aliphatic hydroxyl groups is 1. The summed E-state index contributed by atoms with van der Waals surface area (Å²) in [5, 5.41) is 15.9. The lowest BCUT2D eigenvalue weighted by atomic mass is 9.85. The minimum atomic E-state index is -0.762. The van der Waals surface area contributed by atoms with Gasteiger partial charge in [-0.2, -0.15) is 0 Å². The highest BCUT2D eigenvalue weighted by Crippen LogP contribution is 2.27. The van der Waals surface area contributed by atoms with Crippen LogP contribution in [0.5, 0.6) is 0 Å². The van der Waals surface area contributed by atoms with Gasteiger partial charge < -0.3 is 20.2 Å². The van der Waals surface area contributed by atoms with Crippen molar-refractivity contribution in [3.05, 3.63) is 41.8 Å². The fourth-order valence-corrected chi connectivity index (χ4v) is 3.08. The number of hydrogen-bond acceptors (Lipinski definition) is 4. The summed E-state index contributed by atoms with van der Waals surface area (Å²) in [6.45, 7) is 2.59. The van der Waals surface area contributed by atoms with Gasteiger partial charge in [0.15, 0.2) is 0 Å². The number of carbonyl (C=O) groups excluding carboxylic acids is 1. The first-order chi connectivity index (χ1) is 12.0. The van der Waals surface area contributed by atoms with Gasteiger partial charge in [-0.1, -0.05) is 37.0 Å². The number of oxazole rings is 1. The van der Waals surface area contributed by atoms with Crippen LogP contribution in [-0.4, -0.2) is 28.3 Å². The highest BCUT2D eigenvalue weighted by molar-refractivity contribution is 5.73. The van der Waals surface area contributed by atoms with E-state index in [0.29, 0.717) is 11.6 Å². The normalized spacial score (nSPS) is 16.4. The Morgan fingerprint density at radius 1 is 1.20 bits per heavy atom. The molecule has 1 saturated carbocycles. The van der Waals surface area contributed by atoms with E-state index in [2.05, 4.69) is 15.6 Å². The Hall–Kier alpha value is -2.34. The summed E-state index contributed by atoms with van der Waals surface area (Å²) >= 11 is 0. The molecule has 1 aliphatic carbocycles. The number of urea groups is 1. The second kappa shape index (κ2) is 7.70. The Kier molecular flexibility index (Phi) is 5.38. The van der Waals surface area contributed by atoms with Gasteiger partial charge in [0.2, 0.25) is 5.89 Å². The van der Waals surface area contributed by atoms with Gasteiger partial charge in [-0.15, -0.1) is 0 Å². The molecule has 6 nitrogen and oxygen atoms in total. The average molecular weight is 343 g/mol. The molecule has 134 valence electrons. The van der Waals surface area contributed by atoms with E-state index < -0.39 is 5.60 Å². The summed E-state index contributed by atoms with van der Waals surface area (Å²) in [6.07, 6.45) is 6.22. The van der Waals surface area contributed by atoms with Crippen LogP contribution in [-0.2, 0) is 6.54 Å². The van der Waals surface area contributed by atoms with Crippen molar-refractivity contribution >= 4 is 6.03 Å². The van der Waals surface area contributed by atoms with Crippen LogP contribution >= 0.6 is 0 Å². The Morgan fingerprint density at radius 2 is 1.92 bits per heavy atom. The first-order valence-electron chi connectivity index (χ1n) is 8.80. The fourth-order valence-electron chi connectivity index (χ4n) is 3.08. The monoisotopic (exact) mass is 343 g/mol. The zero-order chi connectivity index (χ0) is 17.7. The number of hydrogen-bond donors (Lipinski definition) is 3. The summed E-state index contributed by atoms with van der Waals surface area (Å²) in [6, 6.07) is 7.60. The smallest absolute Gasteiger partial charge is 0.315 e. The van der Waals surface area contributed by atoms with E-state index in [-0.39, 0.29) is 19.1 Å². The van der Waals surface area contributed by atoms with Gasteiger partial charge in [0.1, 0.15) is 6.26 Å². The van der Waals surface area contributed by atoms with Crippen LogP contribution in [0.25, 0.3) is 11.5 Å². The van der Waals surface area contributed by atoms with Crippen molar-refractivity contribution in [2.45, 2.75) is 51.2 Å². The van der Waals surface area contributed by atoms with Gasteiger partial charge in [-0.3, -0.25) is 0 Å². The number of aryl methyl sites for hydroxylation is 1. The molecule has 0 bridgehead atoms. The molecule has 25 heavy (non-hydrogen) atoms. The molecule has 0 atom stereocenters. The molecule has 0 radical (unpaired) electrons. The van der Waals surface area contributed by atoms with E-state index in [9.17, 15) is 9.90 Å². The van der Waals surface area contributed by atoms with Crippen LogP contribution in [0, 0.1) is 6.92 Å². The van der Waals surface area contributed by atoms with Gasteiger partial charge in [0, 0.05) is 12.1 Å². The predicted molar refractivity (Wildman–Crippen MR) is 94.9 cm³/mol. The molecular weight excluding hydrogens is 318 g/mol. The number of benzene rings is 1. The van der Waals surface area contributed by atoms with Gasteiger partial charge >= 0.3 is 6.03 Å². The summed E-state index contributed by atoms with van der Waals surface area (Å²) in [5.41, 5.74) is 1.97. The highest BCUT2D eigenvalue weighted by Gasteiger charge is 2.29. The van der Waals surface area contributed by atoms with E-state index >= 15 is 0 Å². The lowest BCUT2D eigenvalue weighted by molar-refractivity contribution is 0.00719. The minimum absolute atomic E-state index is 0.277. The number of carbonyl (C=O) groups is 1. The Balaban J connectivity index is 1.47. The van der Waals surface area contributed by atoms with E-state index in [1.807, 2.05) is 31.2 Å². The molecule has 1 heterocycles. The van der Waals surface area contributed by atoms with Gasteiger partial charge in [-0.05, 0) is 31.9 Å². The third-order valence-electron chi connectivity index (χ3n) is 4.64. The molecule has 1 aliphatic rings. The molecule has 1 fully saturated rings. The van der Waals surface area contributed by atoms with Gasteiger partial charge in [0.25, 0.3) is 0 Å². The quantitative estimate of drug-likeness (QED) is 0.778. The van der Waals surface area contributed by atoms with E-state index in [1.165, 1.54) is 5.56 Å². The molecule has 2 aromatic rings. The molecule has 0 saturated heterocycles. The zero-order valence-corrected chi connectivity index (χ0v) is 14.5. The SMILES string of the molecule is Cc1ccc(-c2nc(CNC(=O)NCC3(O)CCCCC3)co2)cc1. The molecular formula is C19H25N3O3. The van der Waals surface area contributed by atoms with Crippen molar-refractivity contribution in [3.8, 4) is 11.5 Å². The van der Waals surface area contributed by atoms with Crippen LogP contribution in [0.3, 0.4) is 0 Å². The maximum Gasteiger partial charge on any atom is 0.315 e. The molecule has 6 heteroatoms. The van der Waals surface area contributed by atoms with Crippen LogP contribution in [0.1, 0.15) is 43.4 Å². The van der Waals surface area contributed by atoms with E-state index in [1.54, 1.807) is 6.26 Å². The summed E-state index contributed by atoms with van der Waals surface area (Å²) in [7, 11) is 0. The van der Waals surface area contributed by atoms with Gasteiger partial charge in [0.05, 0.1) is 17.8 Å². The number of rotatable bonds is 5. The predicted octanol–water partition coefficient (Wildman–Crippen LogP) is 3.14. The molecule has 3 rings (SSSR count). The number of amides is 2. The van der Waals surface area contributed by atoms with Crippen molar-refractivity contribution in [1.29, 1.82) is 0 Å². The molecule has 1 aromatic heterocycles. The van der Waals surface area contributed by atoms with Crippen LogP contribution in [0.2, 0.25) is 0 Å². The first-order valence-corrected chi connectivity index (χ1v) is 8.80. The summed E-state index contributed by atoms with van der Waals surface area (Å²) < 4.78 is 5.47. The van der Waals surface area contributed by atoms with Crippen LogP contribution in [0.4, 0.5) is 4.79 Å². The van der Waals surface area contributed by atoms with Gasteiger partial charge in [-0.25, -0.2) is 9.78 Å². The number of nitrogens with zero attached hydrogens (tertiary/aromatic N) is 1. The number of nitrogens with one attached hydrogen (secondary N) is 2. The van der Waals surface area contributed by atoms with Crippen molar-refractivity contribution in [1.82, 2.24) is 15.6 Å². The Morgan fingerprint density at radius 3 is 2.64 bits per heavy atom. The summed E-state index contributed by atoms with van der Waals surface area (Å²) in [5.74, 6) is 0.536. The van der Waals surface area contributed by atoms with Crippen molar-refractivity contribution in [3.63, 3.8) is 0 Å². The lowest BCUT2D eigenvalue weighted by Crippen LogP contribution is -2.47. The molecule has 3 N–H and O–H groups in total. The standard InChI is InChI=1S/C19H25N3O3/c1-14-5-7-15(8-6-14)17-22-16(12-25-17)11-20-18(23)21-13-19(24)9-3-2-4-10-19/h5-8,12,24H,2-4,9-11,13H2,1H3,(H2,20,21,23). The Bertz CT molecular complexity index is 703. The molecule has 2 amide bonds. The minimum Gasteiger partial charge on any atom is -0.444 e. The second-order valence-electron chi connectivity index (χ2n) is 6.83. The third kappa shape index (κ3) is 4.82. The zero-order valence-electron chi connectivity index (χ0n) is 14.5. The highest BCUT2D eigenvalue weighted by atomic mass is 16.3. The third-order valence-corrected chi connectivity index (χ3v) is 4.64. The van der Waals surface area contributed by atoms with E-state index in [0.717, 1.165) is 37.7 Å². The maximum absolute atomic E-state index is 11.9. The fraction of sp³-hybridized carbons (Fsp3) is 0.474. The molecule has 1 aromatic carbocycles. The Labute approximate surface area is 147 Å². The maximum atomic E-state index is 11.9. The molecule has 0 spiro atoms. The largest absolute Gasteiger partial charge is 0.444 e. The first kappa shape index (κ1) is 17.5. The molecule has 0 aliphatic heterocycles. The average Bonchev–Trinajstić information content (AvgIpc) is 3.08. The van der Waals surface area contributed by atoms with Crippen LogP contribution < -0.4 is 10.6 Å². The van der Waals surface area contributed by atoms with Crippen LogP contribution in [0.15, 0.2) is 34.9 Å². The van der Waals surface area contributed by atoms with E-state index in [4.69, 9.17) is 4.42 Å². The molecule has 0 unspecified atom stereocenters. The van der Waals surface area contributed by atoms with Crippen molar-refractivity contribution < 1.29 is 14.3 Å². The lowest BCUT2D eigenvalue weighted by Gasteiger charge is -2.32. The number of aromatic nitrogens is 1. The topological polar surface area (TPSA) is 87.4 Å². The van der Waals surface area contributed by atoms with Crippen molar-refractivity contribution in [2.24, 2.45) is 0 Å². The van der Waals surface area contributed by atoms with Crippen molar-refractivity contribution in [2.75, 3.05) is 6.54 Å². The second-order valence-corrected chi connectivity index (χ2v) is 6.83. The summed E-state index contributed by atoms with van der Waals surface area (Å²) in [4.78, 5) is 16.3.